The van der Waals surface area contributed by atoms with Crippen LogP contribution < -0.4 is 31.8 Å². The van der Waals surface area contributed by atoms with E-state index in [4.69, 9.17) is 12.8 Å². The monoisotopic (exact) mass is 1330 g/mol. The zero-order valence-corrected chi connectivity index (χ0v) is 47.0. The molecule has 0 aliphatic heterocycles. The predicted molar refractivity (Wildman–Crippen MR) is 305 cm³/mol. The standard InChI is InChI=1S/C34H26P2.2C17H13.2Au/c1-5-17-29(18-6-1)35(30-19-7-2-8-20-30)33-25-27-15-13-14-16-28(27)26-34(33)36(31-21-9-3-10-22-31)32-23-11-4-12-24-32;2*1-4-12-9-10-14-13-7-5-6-8-15(13)17(2,3)16(14)11-12;;/h1-26H;2*5-11H,2-3H3;;/q;2*-1;2*+1/p+2. The van der Waals surface area contributed by atoms with Gasteiger partial charge in [0.05, 0.1) is 0 Å². The SMILES string of the molecule is [Au+].[Au+].[C-]#Cc1ccc2c(c1)C(C)(C)c1ccccc1-2.[C-]#Cc1ccc2c(c1)C(C)(C)c1ccccc1-2.c1ccc([PH+](c2ccccc2)c2cc3ccccc3cc2[PH+](c2ccccc2)c2ccccc2)cc1. The fourth-order valence-electron chi connectivity index (χ4n) is 10.6. The molecule has 2 aliphatic carbocycles. The van der Waals surface area contributed by atoms with E-state index in [1.165, 1.54) is 87.1 Å². The molecule has 0 spiro atoms. The van der Waals surface area contributed by atoms with Gasteiger partial charge in [-0.05, 0) is 116 Å². The van der Waals surface area contributed by atoms with E-state index in [1.54, 1.807) is 0 Å². The van der Waals surface area contributed by atoms with Crippen LogP contribution in [-0.2, 0) is 55.6 Å². The molecule has 12 rings (SSSR count). The largest absolute Gasteiger partial charge is 1.00 e. The summed E-state index contributed by atoms with van der Waals surface area (Å²) in [5, 5.41) is 11.3. The Hall–Kier alpha value is -6.08. The summed E-state index contributed by atoms with van der Waals surface area (Å²) in [5.41, 5.74) is 12.3. The quantitative estimate of drug-likeness (QED) is 0.0674. The smallest absolute Gasteiger partial charge is 0.366 e. The van der Waals surface area contributed by atoms with Crippen molar-refractivity contribution in [2.24, 2.45) is 0 Å². The number of hydrogen-bond acceptors (Lipinski definition) is 0. The van der Waals surface area contributed by atoms with Crippen LogP contribution in [0.2, 0.25) is 0 Å². The maximum absolute atomic E-state index is 7.25. The molecule has 0 amide bonds. The van der Waals surface area contributed by atoms with Gasteiger partial charge in [-0.25, -0.2) is 0 Å². The van der Waals surface area contributed by atoms with Gasteiger partial charge in [-0.15, -0.1) is 35.4 Å². The van der Waals surface area contributed by atoms with E-state index in [0.29, 0.717) is 0 Å². The summed E-state index contributed by atoms with van der Waals surface area (Å²) in [6.45, 7) is 8.97. The fourth-order valence-corrected chi connectivity index (χ4v) is 16.6. The molecule has 0 radical (unpaired) electrons. The Morgan fingerprint density at radius 2 is 0.583 bits per heavy atom. The van der Waals surface area contributed by atoms with Gasteiger partial charge in [-0.3, -0.25) is 11.8 Å². The van der Waals surface area contributed by atoms with E-state index in [1.807, 2.05) is 12.1 Å². The second-order valence-electron chi connectivity index (χ2n) is 19.1. The average molecular weight is 1330 g/mol. The third-order valence-electron chi connectivity index (χ3n) is 14.1. The molecule has 4 heteroatoms. The zero-order valence-electron chi connectivity index (χ0n) is 40.7. The minimum atomic E-state index is -1.23. The molecule has 72 heavy (non-hydrogen) atoms. The van der Waals surface area contributed by atoms with Gasteiger partial charge >= 0.3 is 44.8 Å². The molecular weight excluding hydrogens is 1270 g/mol. The predicted octanol–water partition coefficient (Wildman–Crippen LogP) is 13.7. The van der Waals surface area contributed by atoms with Crippen LogP contribution in [0, 0.1) is 24.7 Å². The summed E-state index contributed by atoms with van der Waals surface area (Å²) in [4.78, 5) is 0. The Bertz CT molecular complexity index is 3250. The molecule has 356 valence electrons. The van der Waals surface area contributed by atoms with Crippen LogP contribution in [0.25, 0.3) is 33.0 Å². The van der Waals surface area contributed by atoms with Gasteiger partial charge in [0.15, 0.2) is 0 Å². The third kappa shape index (κ3) is 10.3. The van der Waals surface area contributed by atoms with Gasteiger partial charge in [-0.2, -0.15) is 0 Å². The third-order valence-corrected chi connectivity index (χ3v) is 19.9. The van der Waals surface area contributed by atoms with Crippen molar-refractivity contribution < 1.29 is 44.8 Å². The molecule has 0 aromatic heterocycles. The van der Waals surface area contributed by atoms with E-state index in [2.05, 4.69) is 270 Å². The Labute approximate surface area is 460 Å². The van der Waals surface area contributed by atoms with Crippen LogP contribution in [0.3, 0.4) is 0 Å². The van der Waals surface area contributed by atoms with Crippen LogP contribution in [0.4, 0.5) is 0 Å². The topological polar surface area (TPSA) is 0 Å². The van der Waals surface area contributed by atoms with E-state index >= 15 is 0 Å². The first-order chi connectivity index (χ1) is 34.2. The second-order valence-corrected chi connectivity index (χ2v) is 24.0. The molecule has 0 fully saturated rings. The van der Waals surface area contributed by atoms with Crippen LogP contribution in [0.15, 0.2) is 243 Å². The minimum Gasteiger partial charge on any atom is -0.366 e. The summed E-state index contributed by atoms with van der Waals surface area (Å²) in [6, 6.07) is 87.8. The summed E-state index contributed by atoms with van der Waals surface area (Å²) >= 11 is 0. The second kappa shape index (κ2) is 22.8. The van der Waals surface area contributed by atoms with E-state index < -0.39 is 15.8 Å². The van der Waals surface area contributed by atoms with Crippen molar-refractivity contribution in [2.45, 2.75) is 38.5 Å². The van der Waals surface area contributed by atoms with Gasteiger partial charge in [0.2, 0.25) is 0 Å². The van der Waals surface area contributed by atoms with Crippen molar-refractivity contribution in [1.29, 1.82) is 0 Å². The fraction of sp³-hybridized carbons (Fsp3) is 0.0882. The van der Waals surface area contributed by atoms with E-state index in [0.717, 1.165) is 11.1 Å². The number of benzene rings is 10. The molecule has 0 saturated carbocycles. The molecule has 0 unspecified atom stereocenters. The first-order valence-electron chi connectivity index (χ1n) is 24.0. The van der Waals surface area contributed by atoms with Crippen molar-refractivity contribution >= 4 is 58.4 Å². The van der Waals surface area contributed by atoms with Gasteiger partial charge in [-0.1, -0.05) is 185 Å². The molecule has 0 heterocycles. The first-order valence-corrected chi connectivity index (χ1v) is 27.0. The molecule has 0 nitrogen and oxygen atoms in total. The number of hydrogen-bond donors (Lipinski definition) is 0. The van der Waals surface area contributed by atoms with Crippen LogP contribution in [-0.4, -0.2) is 0 Å². The van der Waals surface area contributed by atoms with Crippen molar-refractivity contribution in [2.75, 3.05) is 0 Å². The summed E-state index contributed by atoms with van der Waals surface area (Å²) < 4.78 is 0. The Kier molecular flexibility index (Phi) is 16.5. The molecule has 0 N–H and O–H groups in total. The van der Waals surface area contributed by atoms with E-state index in [9.17, 15) is 0 Å². The minimum absolute atomic E-state index is 0. The van der Waals surface area contributed by atoms with Crippen molar-refractivity contribution in [1.82, 2.24) is 0 Å². The Balaban J connectivity index is 0.000000161. The number of rotatable bonds is 6. The molecule has 0 bridgehead atoms. The molecule has 10 aromatic carbocycles. The summed E-state index contributed by atoms with van der Waals surface area (Å²) in [7, 11) is -2.46. The van der Waals surface area contributed by atoms with Crippen LogP contribution >= 0.6 is 15.8 Å². The average Bonchev–Trinajstić information content (AvgIpc) is 3.79. The van der Waals surface area contributed by atoms with Crippen molar-refractivity contribution in [3.8, 4) is 34.1 Å². The first kappa shape index (κ1) is 52.2. The molecule has 0 atom stereocenters. The Morgan fingerprint density at radius 3 is 0.903 bits per heavy atom. The molecule has 0 saturated heterocycles. The zero-order chi connectivity index (χ0) is 48.2. The maximum Gasteiger partial charge on any atom is 1.00 e. The van der Waals surface area contributed by atoms with Gasteiger partial charge in [0.25, 0.3) is 0 Å². The van der Waals surface area contributed by atoms with E-state index in [-0.39, 0.29) is 55.6 Å². The van der Waals surface area contributed by atoms with Crippen LogP contribution in [0.5, 0.6) is 0 Å². The van der Waals surface area contributed by atoms with Crippen LogP contribution in [0.1, 0.15) is 61.1 Å². The summed E-state index contributed by atoms with van der Waals surface area (Å²) in [6.07, 6.45) is 14.5. The molecular formula is C68H54Au2P2+2. The Morgan fingerprint density at radius 1 is 0.306 bits per heavy atom. The maximum atomic E-state index is 7.25. The van der Waals surface area contributed by atoms with Crippen molar-refractivity contribution in [3.63, 3.8) is 0 Å². The van der Waals surface area contributed by atoms with Gasteiger partial charge < -0.3 is 12.8 Å². The molecule has 10 aromatic rings. The number of fused-ring (bicyclic) bond motifs is 7. The van der Waals surface area contributed by atoms with Gasteiger partial charge in [0.1, 0.15) is 47.7 Å². The van der Waals surface area contributed by atoms with Gasteiger partial charge in [0, 0.05) is 10.8 Å². The normalized spacial score (nSPS) is 12.7. The van der Waals surface area contributed by atoms with Crippen molar-refractivity contribution in [3.05, 3.63) is 289 Å². The molecule has 2 aliphatic rings. The summed E-state index contributed by atoms with van der Waals surface area (Å²) in [5.74, 6) is 4.94.